The van der Waals surface area contributed by atoms with Crippen molar-refractivity contribution in [2.45, 2.75) is 44.2 Å². The maximum Gasteiger partial charge on any atom is 0.258 e. The topological polar surface area (TPSA) is 71.8 Å². The molecule has 28 heavy (non-hydrogen) atoms. The molecule has 2 fully saturated rings. The standard InChI is InChI=1S/C20H22F2N2O4/c1-2-23-17(25)8-13-9-24(20(11-28-13)4-3-5-20)19(26)14-10-27-16-7-12(21)6-15(22)18(14)16/h6-7,10,13H,2-5,8-9,11H2,1H3,(H,23,25). The first-order valence-corrected chi connectivity index (χ1v) is 9.50. The zero-order valence-electron chi connectivity index (χ0n) is 15.6. The number of carbonyl (C=O) groups is 2. The quantitative estimate of drug-likeness (QED) is 0.868. The highest BCUT2D eigenvalue weighted by molar-refractivity contribution is 6.06. The van der Waals surface area contributed by atoms with Gasteiger partial charge in [-0.15, -0.1) is 0 Å². The van der Waals surface area contributed by atoms with E-state index in [1.807, 2.05) is 6.92 Å². The predicted molar refractivity (Wildman–Crippen MR) is 96.8 cm³/mol. The molecule has 1 aliphatic carbocycles. The molecule has 1 atom stereocenters. The van der Waals surface area contributed by atoms with Crippen molar-refractivity contribution in [3.63, 3.8) is 0 Å². The minimum absolute atomic E-state index is 0.00403. The second-order valence-electron chi connectivity index (χ2n) is 7.49. The molecule has 2 heterocycles. The largest absolute Gasteiger partial charge is 0.463 e. The summed E-state index contributed by atoms with van der Waals surface area (Å²) in [5.74, 6) is -2.11. The van der Waals surface area contributed by atoms with Gasteiger partial charge in [-0.3, -0.25) is 9.59 Å². The summed E-state index contributed by atoms with van der Waals surface area (Å²) >= 11 is 0. The fourth-order valence-corrected chi connectivity index (χ4v) is 4.09. The average molecular weight is 392 g/mol. The molecular formula is C20H22F2N2O4. The van der Waals surface area contributed by atoms with Crippen molar-refractivity contribution < 1.29 is 27.5 Å². The third kappa shape index (κ3) is 3.15. The summed E-state index contributed by atoms with van der Waals surface area (Å²) in [5.41, 5.74) is -0.373. The smallest absolute Gasteiger partial charge is 0.258 e. The first-order chi connectivity index (χ1) is 13.4. The number of ether oxygens (including phenoxy) is 1. The number of rotatable bonds is 4. The van der Waals surface area contributed by atoms with E-state index in [0.717, 1.165) is 31.4 Å². The molecule has 2 aromatic rings. The fourth-order valence-electron chi connectivity index (χ4n) is 4.09. The van der Waals surface area contributed by atoms with E-state index in [4.69, 9.17) is 9.15 Å². The van der Waals surface area contributed by atoms with Gasteiger partial charge in [0.25, 0.3) is 5.91 Å². The summed E-state index contributed by atoms with van der Waals surface area (Å²) in [6, 6.07) is 1.80. The molecule has 4 rings (SSSR count). The maximum atomic E-state index is 14.3. The van der Waals surface area contributed by atoms with Crippen LogP contribution in [0.1, 0.15) is 43.0 Å². The molecule has 2 aliphatic rings. The number of morpholine rings is 1. The highest BCUT2D eigenvalue weighted by atomic mass is 19.1. The van der Waals surface area contributed by atoms with Crippen LogP contribution < -0.4 is 5.32 Å². The molecule has 1 unspecified atom stereocenters. The van der Waals surface area contributed by atoms with Crippen molar-refractivity contribution in [2.24, 2.45) is 0 Å². The SMILES string of the molecule is CCNC(=O)CC1CN(C(=O)c2coc3cc(F)cc(F)c23)C2(CCC2)CO1. The average Bonchev–Trinajstić information content (AvgIpc) is 3.04. The number of furan rings is 1. The number of amides is 2. The lowest BCUT2D eigenvalue weighted by molar-refractivity contribution is -0.140. The lowest BCUT2D eigenvalue weighted by Crippen LogP contribution is -2.65. The fraction of sp³-hybridized carbons (Fsp3) is 0.500. The summed E-state index contributed by atoms with van der Waals surface area (Å²) in [5, 5.41) is 2.71. The van der Waals surface area contributed by atoms with Crippen LogP contribution >= 0.6 is 0 Å². The van der Waals surface area contributed by atoms with E-state index >= 15 is 0 Å². The third-order valence-corrected chi connectivity index (χ3v) is 5.69. The van der Waals surface area contributed by atoms with E-state index in [2.05, 4.69) is 5.32 Å². The number of hydrogen-bond donors (Lipinski definition) is 1. The predicted octanol–water partition coefficient (Wildman–Crippen LogP) is 3.00. The summed E-state index contributed by atoms with van der Waals surface area (Å²) in [4.78, 5) is 26.9. The lowest BCUT2D eigenvalue weighted by atomic mass is 9.74. The van der Waals surface area contributed by atoms with Gasteiger partial charge in [-0.25, -0.2) is 8.78 Å². The monoisotopic (exact) mass is 392 g/mol. The summed E-state index contributed by atoms with van der Waals surface area (Å²) < 4.78 is 38.9. The van der Waals surface area contributed by atoms with Crippen molar-refractivity contribution >= 4 is 22.8 Å². The molecule has 6 nitrogen and oxygen atoms in total. The van der Waals surface area contributed by atoms with Gasteiger partial charge < -0.3 is 19.4 Å². The van der Waals surface area contributed by atoms with E-state index in [1.54, 1.807) is 4.90 Å². The van der Waals surface area contributed by atoms with Crippen LogP contribution in [0.4, 0.5) is 8.78 Å². The Morgan fingerprint density at radius 3 is 2.79 bits per heavy atom. The molecule has 1 saturated heterocycles. The van der Waals surface area contributed by atoms with E-state index in [0.29, 0.717) is 13.2 Å². The molecule has 0 bridgehead atoms. The Morgan fingerprint density at radius 2 is 2.11 bits per heavy atom. The van der Waals surface area contributed by atoms with Crippen LogP contribution in [0.15, 0.2) is 22.8 Å². The molecule has 1 aliphatic heterocycles. The van der Waals surface area contributed by atoms with Crippen LogP contribution in [0.5, 0.6) is 0 Å². The molecule has 0 radical (unpaired) electrons. The van der Waals surface area contributed by atoms with Gasteiger partial charge in [0.15, 0.2) is 0 Å². The number of benzene rings is 1. The van der Waals surface area contributed by atoms with Crippen molar-refractivity contribution in [3.05, 3.63) is 35.6 Å². The van der Waals surface area contributed by atoms with E-state index in [-0.39, 0.29) is 41.3 Å². The van der Waals surface area contributed by atoms with Gasteiger partial charge in [0, 0.05) is 25.2 Å². The van der Waals surface area contributed by atoms with Gasteiger partial charge >= 0.3 is 0 Å². The molecule has 2 amide bonds. The highest BCUT2D eigenvalue weighted by Crippen LogP contribution is 2.42. The molecular weight excluding hydrogens is 370 g/mol. The van der Waals surface area contributed by atoms with Crippen LogP contribution in [0, 0.1) is 11.6 Å². The van der Waals surface area contributed by atoms with Crippen LogP contribution in [-0.4, -0.2) is 48.1 Å². The van der Waals surface area contributed by atoms with Crippen molar-refractivity contribution in [1.29, 1.82) is 0 Å². The minimum Gasteiger partial charge on any atom is -0.463 e. The van der Waals surface area contributed by atoms with Gasteiger partial charge in [-0.05, 0) is 26.2 Å². The zero-order chi connectivity index (χ0) is 19.9. The summed E-state index contributed by atoms with van der Waals surface area (Å²) in [6.45, 7) is 2.94. The molecule has 1 aromatic carbocycles. The van der Waals surface area contributed by atoms with Gasteiger partial charge in [-0.2, -0.15) is 0 Å². The molecule has 1 N–H and O–H groups in total. The maximum absolute atomic E-state index is 14.3. The molecule has 150 valence electrons. The van der Waals surface area contributed by atoms with Crippen molar-refractivity contribution in [1.82, 2.24) is 10.2 Å². The first kappa shape index (κ1) is 18.9. The molecule has 8 heteroatoms. The number of carbonyl (C=O) groups excluding carboxylic acids is 2. The Labute approximate surface area is 160 Å². The van der Waals surface area contributed by atoms with Crippen LogP contribution in [0.3, 0.4) is 0 Å². The number of nitrogens with zero attached hydrogens (tertiary/aromatic N) is 1. The Kier molecular flexibility index (Phi) is 4.82. The van der Waals surface area contributed by atoms with E-state index < -0.39 is 23.3 Å². The number of halogens is 2. The Balaban J connectivity index is 1.63. The van der Waals surface area contributed by atoms with Crippen LogP contribution in [0.25, 0.3) is 11.0 Å². The van der Waals surface area contributed by atoms with Gasteiger partial charge in [0.05, 0.1) is 35.6 Å². The highest BCUT2D eigenvalue weighted by Gasteiger charge is 2.49. The molecule has 1 aromatic heterocycles. The van der Waals surface area contributed by atoms with Crippen LogP contribution in [-0.2, 0) is 9.53 Å². The Hall–Kier alpha value is -2.48. The molecule has 1 spiro atoms. The van der Waals surface area contributed by atoms with E-state index in [1.165, 1.54) is 6.26 Å². The van der Waals surface area contributed by atoms with Gasteiger partial charge in [0.2, 0.25) is 5.91 Å². The number of fused-ring (bicyclic) bond motifs is 1. The minimum atomic E-state index is -0.832. The van der Waals surface area contributed by atoms with Gasteiger partial charge in [-0.1, -0.05) is 0 Å². The van der Waals surface area contributed by atoms with Crippen LogP contribution in [0.2, 0.25) is 0 Å². The number of nitrogens with one attached hydrogen (secondary N) is 1. The first-order valence-electron chi connectivity index (χ1n) is 9.50. The van der Waals surface area contributed by atoms with Gasteiger partial charge in [0.1, 0.15) is 23.5 Å². The lowest BCUT2D eigenvalue weighted by Gasteiger charge is -2.54. The van der Waals surface area contributed by atoms with Crippen molar-refractivity contribution in [3.8, 4) is 0 Å². The number of hydrogen-bond acceptors (Lipinski definition) is 4. The van der Waals surface area contributed by atoms with Crippen molar-refractivity contribution in [2.75, 3.05) is 19.7 Å². The zero-order valence-corrected chi connectivity index (χ0v) is 15.6. The molecule has 1 saturated carbocycles. The Morgan fingerprint density at radius 1 is 1.32 bits per heavy atom. The normalized spacial score (nSPS) is 21.0. The Bertz CT molecular complexity index is 922. The van der Waals surface area contributed by atoms with E-state index in [9.17, 15) is 18.4 Å². The summed E-state index contributed by atoms with van der Waals surface area (Å²) in [6.07, 6.45) is 3.45. The second kappa shape index (κ2) is 7.16. The third-order valence-electron chi connectivity index (χ3n) is 5.69. The second-order valence-corrected chi connectivity index (χ2v) is 7.49. The summed E-state index contributed by atoms with van der Waals surface area (Å²) in [7, 11) is 0.